The van der Waals surface area contributed by atoms with E-state index >= 15 is 0 Å². The van der Waals surface area contributed by atoms with E-state index in [4.69, 9.17) is 11.6 Å². The van der Waals surface area contributed by atoms with E-state index in [1.165, 1.54) is 12.8 Å². The van der Waals surface area contributed by atoms with Crippen molar-refractivity contribution >= 4 is 29.2 Å². The van der Waals surface area contributed by atoms with Gasteiger partial charge in [0.05, 0.1) is 0 Å². The summed E-state index contributed by atoms with van der Waals surface area (Å²) < 4.78 is 0. The molecule has 0 unspecified atom stereocenters. The Morgan fingerprint density at radius 3 is 2.76 bits per heavy atom. The average molecular weight is 364 g/mol. The monoisotopic (exact) mass is 363 g/mol. The number of hydrogen-bond acceptors (Lipinski definition) is 2. The summed E-state index contributed by atoms with van der Waals surface area (Å²) in [5.74, 6) is 0.460. The molecule has 1 aliphatic carbocycles. The Labute approximate surface area is 154 Å². The van der Waals surface area contributed by atoms with Gasteiger partial charge in [-0.05, 0) is 37.5 Å². The Kier molecular flexibility index (Phi) is 5.52. The van der Waals surface area contributed by atoms with Crippen LogP contribution in [0.15, 0.2) is 18.2 Å². The summed E-state index contributed by atoms with van der Waals surface area (Å²) >= 11 is 6.10. The molecule has 0 spiro atoms. The van der Waals surface area contributed by atoms with Crippen molar-refractivity contribution in [1.29, 1.82) is 0 Å². The lowest BCUT2D eigenvalue weighted by atomic mass is 10.1. The first-order valence-electron chi connectivity index (χ1n) is 9.02. The van der Waals surface area contributed by atoms with Crippen molar-refractivity contribution in [2.45, 2.75) is 45.1 Å². The van der Waals surface area contributed by atoms with Gasteiger partial charge in [0.1, 0.15) is 0 Å². The van der Waals surface area contributed by atoms with Gasteiger partial charge in [-0.1, -0.05) is 30.5 Å². The average Bonchev–Trinajstić information content (AvgIpc) is 3.20. The van der Waals surface area contributed by atoms with Gasteiger partial charge < -0.3 is 15.1 Å². The zero-order valence-electron chi connectivity index (χ0n) is 14.9. The van der Waals surface area contributed by atoms with E-state index in [-0.39, 0.29) is 17.9 Å². The number of hydrogen-bond donors (Lipinski definition) is 1. The van der Waals surface area contributed by atoms with Crippen LogP contribution in [0, 0.1) is 12.8 Å². The highest BCUT2D eigenvalue weighted by molar-refractivity contribution is 6.31. The highest BCUT2D eigenvalue weighted by atomic mass is 35.5. The number of nitrogens with one attached hydrogen (secondary N) is 1. The first-order valence-corrected chi connectivity index (χ1v) is 9.39. The lowest BCUT2D eigenvalue weighted by Gasteiger charge is -2.25. The third-order valence-corrected chi connectivity index (χ3v) is 5.71. The summed E-state index contributed by atoms with van der Waals surface area (Å²) in [5.41, 5.74) is 1.66. The first-order chi connectivity index (χ1) is 11.9. The van der Waals surface area contributed by atoms with Gasteiger partial charge >= 0.3 is 6.03 Å². The standard InChI is InChI=1S/C19H26ClN3O2/c1-13-7-8-15(10-17(13)20)21-19(25)22(2)11-14-9-18(24)23(12-14)16-5-3-4-6-16/h7-8,10,14,16H,3-6,9,11-12H2,1-2H3,(H,21,25)/t14-/m1/s1. The van der Waals surface area contributed by atoms with E-state index in [0.29, 0.717) is 29.7 Å². The Hall–Kier alpha value is -1.75. The minimum atomic E-state index is -0.174. The normalized spacial score (nSPS) is 21.0. The van der Waals surface area contributed by atoms with Crippen molar-refractivity contribution in [3.8, 4) is 0 Å². The van der Waals surface area contributed by atoms with Gasteiger partial charge in [-0.15, -0.1) is 0 Å². The predicted molar refractivity (Wildman–Crippen MR) is 99.9 cm³/mol. The van der Waals surface area contributed by atoms with Gasteiger partial charge in [0.15, 0.2) is 0 Å². The molecule has 1 atom stereocenters. The van der Waals surface area contributed by atoms with Crippen LogP contribution in [0.4, 0.5) is 10.5 Å². The number of aryl methyl sites for hydroxylation is 1. The second-order valence-electron chi connectivity index (χ2n) is 7.33. The second kappa shape index (κ2) is 7.65. The first kappa shape index (κ1) is 18.1. The molecule has 1 N–H and O–H groups in total. The van der Waals surface area contributed by atoms with Crippen molar-refractivity contribution < 1.29 is 9.59 Å². The number of rotatable bonds is 4. The number of amides is 3. The molecule has 0 bridgehead atoms. The third kappa shape index (κ3) is 4.27. The Morgan fingerprint density at radius 1 is 1.36 bits per heavy atom. The molecular formula is C19H26ClN3O2. The van der Waals surface area contributed by atoms with E-state index in [0.717, 1.165) is 24.9 Å². The molecule has 3 rings (SSSR count). The zero-order chi connectivity index (χ0) is 18.0. The van der Waals surface area contributed by atoms with Crippen LogP contribution < -0.4 is 5.32 Å². The van der Waals surface area contributed by atoms with Gasteiger partial charge in [0, 0.05) is 49.2 Å². The fraction of sp³-hybridized carbons (Fsp3) is 0.579. The fourth-order valence-electron chi connectivity index (χ4n) is 3.86. The molecule has 136 valence electrons. The maximum atomic E-state index is 12.4. The molecule has 6 heteroatoms. The number of carbonyl (C=O) groups excluding carboxylic acids is 2. The van der Waals surface area contributed by atoms with Crippen molar-refractivity contribution in [1.82, 2.24) is 9.80 Å². The molecule has 1 heterocycles. The number of urea groups is 1. The highest BCUT2D eigenvalue weighted by Gasteiger charge is 2.36. The molecule has 3 amide bonds. The summed E-state index contributed by atoms with van der Waals surface area (Å²) in [7, 11) is 1.77. The van der Waals surface area contributed by atoms with Crippen LogP contribution in [0.3, 0.4) is 0 Å². The van der Waals surface area contributed by atoms with E-state index < -0.39 is 0 Å². The summed E-state index contributed by atoms with van der Waals surface area (Å²) in [6.45, 7) is 3.28. The number of anilines is 1. The maximum Gasteiger partial charge on any atom is 0.321 e. The number of likely N-dealkylation sites (tertiary alicyclic amines) is 1. The second-order valence-corrected chi connectivity index (χ2v) is 7.74. The molecule has 1 aromatic rings. The lowest BCUT2D eigenvalue weighted by Crippen LogP contribution is -2.37. The van der Waals surface area contributed by atoms with Crippen molar-refractivity contribution in [3.63, 3.8) is 0 Å². The topological polar surface area (TPSA) is 52.7 Å². The molecule has 25 heavy (non-hydrogen) atoms. The molecule has 2 fully saturated rings. The molecule has 1 saturated heterocycles. The maximum absolute atomic E-state index is 12.4. The number of carbonyl (C=O) groups is 2. The molecule has 0 radical (unpaired) electrons. The summed E-state index contributed by atoms with van der Waals surface area (Å²) in [6.07, 6.45) is 5.25. The van der Waals surface area contributed by atoms with Crippen molar-refractivity contribution in [3.05, 3.63) is 28.8 Å². The van der Waals surface area contributed by atoms with E-state index in [1.54, 1.807) is 18.0 Å². The van der Waals surface area contributed by atoms with Crippen molar-refractivity contribution in [2.75, 3.05) is 25.5 Å². The number of halogens is 1. The third-order valence-electron chi connectivity index (χ3n) is 5.31. The predicted octanol–water partition coefficient (Wildman–Crippen LogP) is 3.90. The largest absolute Gasteiger partial charge is 0.339 e. The molecule has 1 saturated carbocycles. The van der Waals surface area contributed by atoms with Crippen molar-refractivity contribution in [2.24, 2.45) is 5.92 Å². The zero-order valence-corrected chi connectivity index (χ0v) is 15.7. The Morgan fingerprint density at radius 2 is 2.08 bits per heavy atom. The highest BCUT2D eigenvalue weighted by Crippen LogP contribution is 2.29. The minimum absolute atomic E-state index is 0.174. The molecule has 1 aliphatic heterocycles. The van der Waals surface area contributed by atoms with Crippen LogP contribution in [0.1, 0.15) is 37.7 Å². The minimum Gasteiger partial charge on any atom is -0.339 e. The van der Waals surface area contributed by atoms with E-state index in [1.807, 2.05) is 24.0 Å². The molecule has 0 aromatic heterocycles. The van der Waals surface area contributed by atoms with Crippen LogP contribution in [-0.4, -0.2) is 47.9 Å². The molecule has 1 aromatic carbocycles. The Balaban J connectivity index is 1.53. The van der Waals surface area contributed by atoms with Crippen LogP contribution in [-0.2, 0) is 4.79 Å². The van der Waals surface area contributed by atoms with E-state index in [9.17, 15) is 9.59 Å². The molecule has 2 aliphatic rings. The summed E-state index contributed by atoms with van der Waals surface area (Å²) in [4.78, 5) is 28.4. The van der Waals surface area contributed by atoms with Gasteiger partial charge in [0.25, 0.3) is 0 Å². The van der Waals surface area contributed by atoms with Gasteiger partial charge in [0.2, 0.25) is 5.91 Å². The molecule has 5 nitrogen and oxygen atoms in total. The van der Waals surface area contributed by atoms with Crippen LogP contribution in [0.2, 0.25) is 5.02 Å². The smallest absolute Gasteiger partial charge is 0.321 e. The number of nitrogens with zero attached hydrogens (tertiary/aromatic N) is 2. The number of benzene rings is 1. The van der Waals surface area contributed by atoms with Crippen LogP contribution >= 0.6 is 11.6 Å². The van der Waals surface area contributed by atoms with Gasteiger partial charge in [-0.25, -0.2) is 4.79 Å². The molecular weight excluding hydrogens is 338 g/mol. The van der Waals surface area contributed by atoms with Crippen LogP contribution in [0.5, 0.6) is 0 Å². The Bertz CT molecular complexity index is 658. The van der Waals surface area contributed by atoms with Gasteiger partial charge in [-0.2, -0.15) is 0 Å². The summed E-state index contributed by atoms with van der Waals surface area (Å²) in [6, 6.07) is 5.72. The van der Waals surface area contributed by atoms with Gasteiger partial charge in [-0.3, -0.25) is 4.79 Å². The summed E-state index contributed by atoms with van der Waals surface area (Å²) in [5, 5.41) is 3.50. The SMILES string of the molecule is Cc1ccc(NC(=O)N(C)C[C@H]2CC(=O)N(C3CCCC3)C2)cc1Cl. The fourth-order valence-corrected chi connectivity index (χ4v) is 4.04. The van der Waals surface area contributed by atoms with E-state index in [2.05, 4.69) is 5.32 Å². The quantitative estimate of drug-likeness (QED) is 0.881. The van der Waals surface area contributed by atoms with Crippen LogP contribution in [0.25, 0.3) is 0 Å². The lowest BCUT2D eigenvalue weighted by molar-refractivity contribution is -0.129.